The van der Waals surface area contributed by atoms with E-state index in [9.17, 15) is 4.79 Å². The van der Waals surface area contributed by atoms with E-state index >= 15 is 0 Å². The van der Waals surface area contributed by atoms with Crippen LogP contribution in [0.5, 0.6) is 0 Å². The molecule has 0 saturated carbocycles. The molecule has 3 aromatic rings. The van der Waals surface area contributed by atoms with Crippen LogP contribution in [0.1, 0.15) is 17.3 Å². The van der Waals surface area contributed by atoms with E-state index < -0.39 is 0 Å². The smallest absolute Gasteiger partial charge is 0.340 e. The van der Waals surface area contributed by atoms with Gasteiger partial charge < -0.3 is 4.74 Å². The molecule has 0 amide bonds. The number of nitrogens with zero attached hydrogens (tertiary/aromatic N) is 1. The number of carbonyl (C=O) groups is 1. The molecule has 4 heteroatoms. The normalized spacial score (nSPS) is 10.4. The van der Waals surface area contributed by atoms with Crippen molar-refractivity contribution in [2.24, 2.45) is 0 Å². The van der Waals surface area contributed by atoms with Gasteiger partial charge in [0.2, 0.25) is 0 Å². The van der Waals surface area contributed by atoms with Crippen LogP contribution in [0.25, 0.3) is 21.7 Å². The molecule has 2 aromatic heterocycles. The van der Waals surface area contributed by atoms with E-state index in [1.807, 2.05) is 53.9 Å². The van der Waals surface area contributed by atoms with Gasteiger partial charge in [0.25, 0.3) is 0 Å². The van der Waals surface area contributed by atoms with Gasteiger partial charge in [-0.25, -0.2) is 4.79 Å². The number of hydrogen-bond donors (Lipinski definition) is 0. The lowest BCUT2D eigenvalue weighted by molar-refractivity contribution is 0.0527. The van der Waals surface area contributed by atoms with E-state index in [0.717, 1.165) is 16.0 Å². The lowest BCUT2D eigenvalue weighted by Gasteiger charge is -2.09. The number of rotatable bonds is 4. The SMILES string of the molecule is CCOC(=O)c1cc(-c2ccccc2)cnc1-c1cccs1. The van der Waals surface area contributed by atoms with E-state index in [1.165, 1.54) is 0 Å². The van der Waals surface area contributed by atoms with Gasteiger partial charge >= 0.3 is 5.97 Å². The molecule has 0 N–H and O–H groups in total. The Bertz CT molecular complexity index is 767. The van der Waals surface area contributed by atoms with Crippen molar-refractivity contribution in [2.75, 3.05) is 6.61 Å². The highest BCUT2D eigenvalue weighted by Crippen LogP contribution is 2.30. The molecule has 22 heavy (non-hydrogen) atoms. The fraction of sp³-hybridized carbons (Fsp3) is 0.111. The van der Waals surface area contributed by atoms with E-state index in [2.05, 4.69) is 4.98 Å². The topological polar surface area (TPSA) is 39.2 Å². The molecule has 0 bridgehead atoms. The Morgan fingerprint density at radius 3 is 2.64 bits per heavy atom. The summed E-state index contributed by atoms with van der Waals surface area (Å²) in [5.74, 6) is -0.337. The molecule has 1 aromatic carbocycles. The lowest BCUT2D eigenvalue weighted by atomic mass is 10.0. The summed E-state index contributed by atoms with van der Waals surface area (Å²) in [4.78, 5) is 17.8. The van der Waals surface area contributed by atoms with Crippen molar-refractivity contribution in [1.82, 2.24) is 4.98 Å². The molecule has 0 fully saturated rings. The summed E-state index contributed by atoms with van der Waals surface area (Å²) in [5.41, 5.74) is 3.11. The summed E-state index contributed by atoms with van der Waals surface area (Å²) in [6.45, 7) is 2.15. The molecular weight excluding hydrogens is 294 g/mol. The van der Waals surface area contributed by atoms with Crippen molar-refractivity contribution >= 4 is 17.3 Å². The number of ether oxygens (including phenoxy) is 1. The minimum atomic E-state index is -0.337. The van der Waals surface area contributed by atoms with Crippen LogP contribution < -0.4 is 0 Å². The van der Waals surface area contributed by atoms with E-state index in [4.69, 9.17) is 4.74 Å². The predicted octanol–water partition coefficient (Wildman–Crippen LogP) is 4.65. The van der Waals surface area contributed by atoms with Crippen LogP contribution in [0.4, 0.5) is 0 Å². The third-order valence-electron chi connectivity index (χ3n) is 3.24. The first kappa shape index (κ1) is 14.5. The molecule has 0 aliphatic rings. The molecule has 3 nitrogen and oxygen atoms in total. The van der Waals surface area contributed by atoms with Crippen molar-refractivity contribution in [3.8, 4) is 21.7 Å². The van der Waals surface area contributed by atoms with Crippen LogP contribution in [0.15, 0.2) is 60.1 Å². The van der Waals surface area contributed by atoms with Crippen molar-refractivity contribution < 1.29 is 9.53 Å². The van der Waals surface area contributed by atoms with Crippen LogP contribution in [0, 0.1) is 0 Å². The molecule has 3 rings (SSSR count). The van der Waals surface area contributed by atoms with Crippen LogP contribution in [-0.2, 0) is 4.74 Å². The zero-order valence-electron chi connectivity index (χ0n) is 12.2. The highest BCUT2D eigenvalue weighted by molar-refractivity contribution is 7.13. The fourth-order valence-electron chi connectivity index (χ4n) is 2.23. The van der Waals surface area contributed by atoms with E-state index in [1.54, 1.807) is 24.5 Å². The van der Waals surface area contributed by atoms with Crippen LogP contribution >= 0.6 is 11.3 Å². The van der Waals surface area contributed by atoms with Crippen LogP contribution in [0.2, 0.25) is 0 Å². The monoisotopic (exact) mass is 309 g/mol. The van der Waals surface area contributed by atoms with Crippen LogP contribution in [0.3, 0.4) is 0 Å². The molecular formula is C18H15NO2S. The Morgan fingerprint density at radius 1 is 1.14 bits per heavy atom. The Hall–Kier alpha value is -2.46. The first-order valence-electron chi connectivity index (χ1n) is 7.06. The molecule has 0 radical (unpaired) electrons. The maximum Gasteiger partial charge on any atom is 0.340 e. The standard InChI is InChI=1S/C18H15NO2S/c1-2-21-18(20)15-11-14(13-7-4-3-5-8-13)12-19-17(15)16-9-6-10-22-16/h3-12H,2H2,1H3. The van der Waals surface area contributed by atoms with Gasteiger partial charge in [0, 0.05) is 11.8 Å². The van der Waals surface area contributed by atoms with Gasteiger partial charge in [-0.2, -0.15) is 0 Å². The molecule has 0 spiro atoms. The summed E-state index contributed by atoms with van der Waals surface area (Å²) in [5, 5.41) is 1.97. The Kier molecular flexibility index (Phi) is 4.30. The highest BCUT2D eigenvalue weighted by atomic mass is 32.1. The Morgan fingerprint density at radius 2 is 1.95 bits per heavy atom. The summed E-state index contributed by atoms with van der Waals surface area (Å²) in [7, 11) is 0. The number of aromatic nitrogens is 1. The number of pyridine rings is 1. The second-order valence-electron chi connectivity index (χ2n) is 4.68. The first-order valence-corrected chi connectivity index (χ1v) is 7.94. The molecule has 110 valence electrons. The van der Waals surface area contributed by atoms with Crippen LogP contribution in [-0.4, -0.2) is 17.6 Å². The van der Waals surface area contributed by atoms with Gasteiger partial charge in [0.15, 0.2) is 0 Å². The fourth-order valence-corrected chi connectivity index (χ4v) is 2.96. The van der Waals surface area contributed by atoms with Crippen molar-refractivity contribution in [3.05, 3.63) is 65.7 Å². The number of esters is 1. The van der Waals surface area contributed by atoms with Crippen molar-refractivity contribution in [3.63, 3.8) is 0 Å². The molecule has 0 unspecified atom stereocenters. The van der Waals surface area contributed by atoms with Gasteiger partial charge in [-0.1, -0.05) is 36.4 Å². The third kappa shape index (κ3) is 2.92. The predicted molar refractivity (Wildman–Crippen MR) is 88.9 cm³/mol. The highest BCUT2D eigenvalue weighted by Gasteiger charge is 2.17. The molecule has 2 heterocycles. The zero-order chi connectivity index (χ0) is 15.4. The minimum absolute atomic E-state index is 0.337. The van der Waals surface area contributed by atoms with Gasteiger partial charge in [0.1, 0.15) is 0 Å². The van der Waals surface area contributed by atoms with Gasteiger partial charge in [-0.3, -0.25) is 4.98 Å². The second-order valence-corrected chi connectivity index (χ2v) is 5.63. The lowest BCUT2D eigenvalue weighted by Crippen LogP contribution is -2.07. The number of benzene rings is 1. The number of carbonyl (C=O) groups excluding carboxylic acids is 1. The van der Waals surface area contributed by atoms with Gasteiger partial charge in [-0.05, 0) is 30.0 Å². The van der Waals surface area contributed by atoms with E-state index in [-0.39, 0.29) is 5.97 Å². The van der Waals surface area contributed by atoms with Gasteiger partial charge in [0.05, 0.1) is 22.7 Å². The summed E-state index contributed by atoms with van der Waals surface area (Å²) >= 11 is 1.56. The van der Waals surface area contributed by atoms with Crippen molar-refractivity contribution in [2.45, 2.75) is 6.92 Å². The molecule has 0 aliphatic carbocycles. The van der Waals surface area contributed by atoms with Crippen molar-refractivity contribution in [1.29, 1.82) is 0 Å². The largest absolute Gasteiger partial charge is 0.462 e. The Labute approximate surface area is 133 Å². The Balaban J connectivity index is 2.11. The molecule has 0 atom stereocenters. The summed E-state index contributed by atoms with van der Waals surface area (Å²) in [6.07, 6.45) is 1.80. The molecule has 0 saturated heterocycles. The summed E-state index contributed by atoms with van der Waals surface area (Å²) < 4.78 is 5.18. The second kappa shape index (κ2) is 6.54. The zero-order valence-corrected chi connectivity index (χ0v) is 13.0. The average Bonchev–Trinajstić information content (AvgIpc) is 3.10. The van der Waals surface area contributed by atoms with E-state index in [0.29, 0.717) is 17.9 Å². The minimum Gasteiger partial charge on any atom is -0.462 e. The quantitative estimate of drug-likeness (QED) is 0.658. The number of hydrogen-bond acceptors (Lipinski definition) is 4. The number of thiophene rings is 1. The first-order chi connectivity index (χ1) is 10.8. The van der Waals surface area contributed by atoms with Gasteiger partial charge in [-0.15, -0.1) is 11.3 Å². The average molecular weight is 309 g/mol. The molecule has 0 aliphatic heterocycles. The summed E-state index contributed by atoms with van der Waals surface area (Å²) in [6, 6.07) is 15.6. The maximum absolute atomic E-state index is 12.3. The maximum atomic E-state index is 12.3. The third-order valence-corrected chi connectivity index (χ3v) is 4.12.